The second kappa shape index (κ2) is 6.80. The third-order valence-electron chi connectivity index (χ3n) is 2.95. The van der Waals surface area contributed by atoms with Gasteiger partial charge < -0.3 is 9.05 Å². The number of rotatable bonds is 6. The van der Waals surface area contributed by atoms with E-state index in [4.69, 9.17) is 9.05 Å². The van der Waals surface area contributed by atoms with Gasteiger partial charge in [-0.25, -0.2) is 4.57 Å². The standard InChI is InChI=1S/C17H19O4P/c1-13-4-8-16(9-5-13)20-22(19,12-15(3)18)21-17-10-6-14(2)7-11-17/h4-11H,12H2,1-3H3. The fourth-order valence-corrected chi connectivity index (χ4v) is 3.47. The van der Waals surface area contributed by atoms with Gasteiger partial charge in [-0.1, -0.05) is 35.4 Å². The molecule has 0 aliphatic carbocycles. The summed E-state index contributed by atoms with van der Waals surface area (Å²) in [4.78, 5) is 11.4. The first kappa shape index (κ1) is 16.3. The maximum absolute atomic E-state index is 12.9. The number of Topliss-reactive ketones (excluding diaryl/α,β-unsaturated/α-hetero) is 1. The molecule has 0 spiro atoms. The van der Waals surface area contributed by atoms with Crippen LogP contribution in [0.25, 0.3) is 0 Å². The van der Waals surface area contributed by atoms with E-state index in [9.17, 15) is 9.36 Å². The molecule has 0 saturated heterocycles. The zero-order chi connectivity index (χ0) is 16.2. The zero-order valence-corrected chi connectivity index (χ0v) is 13.8. The highest BCUT2D eigenvalue weighted by molar-refractivity contribution is 7.55. The van der Waals surface area contributed by atoms with Crippen molar-refractivity contribution in [3.63, 3.8) is 0 Å². The number of hydrogen-bond donors (Lipinski definition) is 0. The van der Waals surface area contributed by atoms with Crippen LogP contribution in [0.4, 0.5) is 0 Å². The normalized spacial score (nSPS) is 11.0. The number of aryl methyl sites for hydroxylation is 2. The van der Waals surface area contributed by atoms with Gasteiger partial charge in [-0.15, -0.1) is 0 Å². The van der Waals surface area contributed by atoms with Crippen molar-refractivity contribution < 1.29 is 18.4 Å². The monoisotopic (exact) mass is 318 g/mol. The Morgan fingerprint density at radius 1 is 0.864 bits per heavy atom. The van der Waals surface area contributed by atoms with Crippen molar-refractivity contribution in [1.82, 2.24) is 0 Å². The Balaban J connectivity index is 2.22. The van der Waals surface area contributed by atoms with Gasteiger partial charge in [-0.3, -0.25) is 4.79 Å². The van der Waals surface area contributed by atoms with Crippen molar-refractivity contribution in [3.05, 3.63) is 59.7 Å². The van der Waals surface area contributed by atoms with E-state index in [1.165, 1.54) is 6.92 Å². The van der Waals surface area contributed by atoms with Gasteiger partial charge in [0.25, 0.3) is 0 Å². The molecule has 0 aliphatic rings. The first-order valence-electron chi connectivity index (χ1n) is 6.97. The molecular weight excluding hydrogens is 299 g/mol. The molecule has 0 fully saturated rings. The Kier molecular flexibility index (Phi) is 5.04. The molecule has 0 unspecified atom stereocenters. The van der Waals surface area contributed by atoms with E-state index in [1.807, 2.05) is 38.1 Å². The molecule has 5 heteroatoms. The summed E-state index contributed by atoms with van der Waals surface area (Å²) < 4.78 is 23.9. The fourth-order valence-electron chi connectivity index (χ4n) is 1.88. The Morgan fingerprint density at radius 2 is 1.23 bits per heavy atom. The average molecular weight is 318 g/mol. The van der Waals surface area contributed by atoms with Gasteiger partial charge in [-0.2, -0.15) is 0 Å². The average Bonchev–Trinajstić information content (AvgIpc) is 2.43. The van der Waals surface area contributed by atoms with E-state index in [1.54, 1.807) is 24.3 Å². The van der Waals surface area contributed by atoms with Gasteiger partial charge >= 0.3 is 7.60 Å². The largest absolute Gasteiger partial charge is 0.438 e. The van der Waals surface area contributed by atoms with Crippen molar-refractivity contribution >= 4 is 13.4 Å². The minimum absolute atomic E-state index is 0.248. The predicted octanol–water partition coefficient (Wildman–Crippen LogP) is 4.54. The summed E-state index contributed by atoms with van der Waals surface area (Å²) in [7, 11) is -3.60. The highest BCUT2D eigenvalue weighted by Crippen LogP contribution is 2.48. The van der Waals surface area contributed by atoms with E-state index in [-0.39, 0.29) is 11.9 Å². The molecule has 0 N–H and O–H groups in total. The second-order valence-electron chi connectivity index (χ2n) is 5.28. The summed E-state index contributed by atoms with van der Waals surface area (Å²) >= 11 is 0. The van der Waals surface area contributed by atoms with Crippen LogP contribution in [0.15, 0.2) is 48.5 Å². The van der Waals surface area contributed by atoms with Crippen LogP contribution in [0.2, 0.25) is 0 Å². The van der Waals surface area contributed by atoms with E-state index < -0.39 is 7.60 Å². The van der Waals surface area contributed by atoms with Gasteiger partial charge in [0.2, 0.25) is 0 Å². The highest BCUT2D eigenvalue weighted by Gasteiger charge is 2.30. The Bertz CT molecular complexity index is 638. The van der Waals surface area contributed by atoms with Crippen LogP contribution in [0.3, 0.4) is 0 Å². The van der Waals surface area contributed by atoms with Crippen molar-refractivity contribution in [2.24, 2.45) is 0 Å². The second-order valence-corrected chi connectivity index (χ2v) is 7.18. The number of benzene rings is 2. The lowest BCUT2D eigenvalue weighted by molar-refractivity contribution is -0.114. The van der Waals surface area contributed by atoms with Crippen LogP contribution >= 0.6 is 7.60 Å². The Hall–Kier alpha value is -2.06. The summed E-state index contributed by atoms with van der Waals surface area (Å²) in [6, 6.07) is 14.2. The lowest BCUT2D eigenvalue weighted by Gasteiger charge is -2.19. The van der Waals surface area contributed by atoms with Crippen LogP contribution in [0, 0.1) is 13.8 Å². The first-order chi connectivity index (χ1) is 10.4. The molecule has 0 aliphatic heterocycles. The third-order valence-corrected chi connectivity index (χ3v) is 4.76. The third kappa shape index (κ3) is 4.74. The van der Waals surface area contributed by atoms with E-state index in [0.717, 1.165) is 11.1 Å². The first-order valence-corrected chi connectivity index (χ1v) is 8.70. The minimum atomic E-state index is -3.60. The van der Waals surface area contributed by atoms with Crippen molar-refractivity contribution in [2.75, 3.05) is 6.16 Å². The molecule has 0 heterocycles. The summed E-state index contributed by atoms with van der Waals surface area (Å²) in [5, 5.41) is 0. The van der Waals surface area contributed by atoms with Gasteiger partial charge in [0, 0.05) is 0 Å². The minimum Gasteiger partial charge on any atom is -0.416 e. The maximum Gasteiger partial charge on any atom is 0.438 e. The van der Waals surface area contributed by atoms with E-state index >= 15 is 0 Å². The van der Waals surface area contributed by atoms with Gasteiger partial charge in [0.05, 0.1) is 0 Å². The van der Waals surface area contributed by atoms with Crippen molar-refractivity contribution in [3.8, 4) is 11.5 Å². The van der Waals surface area contributed by atoms with Crippen LogP contribution in [-0.2, 0) is 9.36 Å². The fraction of sp³-hybridized carbons (Fsp3) is 0.235. The smallest absolute Gasteiger partial charge is 0.416 e. The molecule has 0 bridgehead atoms. The Labute approximate surface area is 130 Å². The summed E-state index contributed by atoms with van der Waals surface area (Å²) in [5.74, 6) is 0.590. The molecule has 0 radical (unpaired) electrons. The highest BCUT2D eigenvalue weighted by atomic mass is 31.2. The summed E-state index contributed by atoms with van der Waals surface area (Å²) in [5.41, 5.74) is 2.13. The molecule has 2 aromatic rings. The van der Waals surface area contributed by atoms with Crippen LogP contribution in [-0.4, -0.2) is 11.9 Å². The number of ketones is 1. The molecule has 2 rings (SSSR count). The van der Waals surface area contributed by atoms with E-state index in [0.29, 0.717) is 11.5 Å². The summed E-state index contributed by atoms with van der Waals surface area (Å²) in [6.07, 6.45) is -0.269. The molecular formula is C17H19O4P. The molecule has 0 amide bonds. The zero-order valence-electron chi connectivity index (χ0n) is 12.9. The van der Waals surface area contributed by atoms with Crippen LogP contribution < -0.4 is 9.05 Å². The molecule has 0 saturated carbocycles. The predicted molar refractivity (Wildman–Crippen MR) is 86.8 cm³/mol. The molecule has 0 atom stereocenters. The van der Waals surface area contributed by atoms with Gasteiger partial charge in [0.1, 0.15) is 23.4 Å². The SMILES string of the molecule is CC(=O)CP(=O)(Oc1ccc(C)cc1)Oc1ccc(C)cc1. The molecule has 0 aromatic heterocycles. The van der Waals surface area contributed by atoms with Crippen LogP contribution in [0.1, 0.15) is 18.1 Å². The molecule has 22 heavy (non-hydrogen) atoms. The summed E-state index contributed by atoms with van der Waals surface area (Å²) in [6.45, 7) is 5.26. The topological polar surface area (TPSA) is 52.6 Å². The Morgan fingerprint density at radius 3 is 1.55 bits per heavy atom. The lowest BCUT2D eigenvalue weighted by atomic mass is 10.2. The van der Waals surface area contributed by atoms with E-state index in [2.05, 4.69) is 0 Å². The lowest BCUT2D eigenvalue weighted by Crippen LogP contribution is -2.10. The quantitative estimate of drug-likeness (QED) is 0.734. The number of carbonyl (C=O) groups excluding carboxylic acids is 1. The van der Waals surface area contributed by atoms with Crippen LogP contribution in [0.5, 0.6) is 11.5 Å². The molecule has 4 nitrogen and oxygen atoms in total. The van der Waals surface area contributed by atoms with Crippen molar-refractivity contribution in [2.45, 2.75) is 20.8 Å². The molecule has 116 valence electrons. The van der Waals surface area contributed by atoms with Gasteiger partial charge in [-0.05, 0) is 45.0 Å². The number of hydrogen-bond acceptors (Lipinski definition) is 4. The van der Waals surface area contributed by atoms with Gasteiger partial charge in [0.15, 0.2) is 0 Å². The molecule has 2 aromatic carbocycles. The number of carbonyl (C=O) groups is 1. The van der Waals surface area contributed by atoms with Crippen molar-refractivity contribution in [1.29, 1.82) is 0 Å². The maximum atomic E-state index is 12.9.